The third-order valence-electron chi connectivity index (χ3n) is 6.00. The van der Waals surface area contributed by atoms with Crippen molar-refractivity contribution in [3.8, 4) is 0 Å². The van der Waals surface area contributed by atoms with Gasteiger partial charge in [-0.1, -0.05) is 31.9 Å². The zero-order valence-corrected chi connectivity index (χ0v) is 18.5. The number of piperidine rings is 1. The standard InChI is InChI=1S/C22H34ClN3O2/c1-6-16(4)20(24-21(27)17-7-9-18(23)10-8-17)22(28)25(5)19-11-13-26(14-12-19)15(2)3/h7-10,15-16,19-20H,6,11-14H2,1-5H3,(H,24,27). The second kappa shape index (κ2) is 10.3. The monoisotopic (exact) mass is 407 g/mol. The highest BCUT2D eigenvalue weighted by Gasteiger charge is 2.33. The van der Waals surface area contributed by atoms with Gasteiger partial charge in [-0.25, -0.2) is 0 Å². The third-order valence-corrected chi connectivity index (χ3v) is 6.25. The van der Waals surface area contributed by atoms with Gasteiger partial charge in [-0.15, -0.1) is 0 Å². The lowest BCUT2D eigenvalue weighted by molar-refractivity contribution is -0.136. The molecule has 0 spiro atoms. The maximum atomic E-state index is 13.3. The highest BCUT2D eigenvalue weighted by atomic mass is 35.5. The lowest BCUT2D eigenvalue weighted by atomic mass is 9.95. The molecule has 6 heteroatoms. The fraction of sp³-hybridized carbons (Fsp3) is 0.636. The van der Waals surface area contributed by atoms with Crippen molar-refractivity contribution in [2.75, 3.05) is 20.1 Å². The van der Waals surface area contributed by atoms with Gasteiger partial charge in [0.05, 0.1) is 0 Å². The molecule has 2 rings (SSSR count). The van der Waals surface area contributed by atoms with Crippen molar-refractivity contribution in [2.24, 2.45) is 5.92 Å². The van der Waals surface area contributed by atoms with Crippen LogP contribution in [0, 0.1) is 5.92 Å². The first-order valence-electron chi connectivity index (χ1n) is 10.3. The van der Waals surface area contributed by atoms with E-state index < -0.39 is 6.04 Å². The highest BCUT2D eigenvalue weighted by molar-refractivity contribution is 6.30. The minimum absolute atomic E-state index is 0.000314. The van der Waals surface area contributed by atoms with Crippen molar-refractivity contribution in [1.82, 2.24) is 15.1 Å². The van der Waals surface area contributed by atoms with Crippen molar-refractivity contribution in [3.05, 3.63) is 34.9 Å². The van der Waals surface area contributed by atoms with E-state index in [9.17, 15) is 9.59 Å². The van der Waals surface area contributed by atoms with Crippen LogP contribution in [0.3, 0.4) is 0 Å². The number of halogens is 1. The first kappa shape index (κ1) is 22.7. The van der Waals surface area contributed by atoms with E-state index in [1.165, 1.54) is 0 Å². The van der Waals surface area contributed by atoms with Crippen LogP contribution in [0.25, 0.3) is 0 Å². The Bertz CT molecular complexity index is 654. The van der Waals surface area contributed by atoms with E-state index >= 15 is 0 Å². The molecule has 1 fully saturated rings. The Hall–Kier alpha value is -1.59. The number of carbonyl (C=O) groups excluding carboxylic acids is 2. The number of carbonyl (C=O) groups is 2. The van der Waals surface area contributed by atoms with Gasteiger partial charge in [0.1, 0.15) is 6.04 Å². The van der Waals surface area contributed by atoms with E-state index in [1.54, 1.807) is 24.3 Å². The van der Waals surface area contributed by atoms with Gasteiger partial charge in [0.25, 0.3) is 5.91 Å². The molecular formula is C22H34ClN3O2. The topological polar surface area (TPSA) is 52.7 Å². The van der Waals surface area contributed by atoms with Gasteiger partial charge in [-0.2, -0.15) is 0 Å². The number of nitrogens with zero attached hydrogens (tertiary/aromatic N) is 2. The van der Waals surface area contributed by atoms with E-state index in [2.05, 4.69) is 24.1 Å². The molecular weight excluding hydrogens is 374 g/mol. The largest absolute Gasteiger partial charge is 0.341 e. The normalized spacial score (nSPS) is 18.0. The molecule has 0 radical (unpaired) electrons. The summed E-state index contributed by atoms with van der Waals surface area (Å²) in [6, 6.07) is 6.97. The average Bonchev–Trinajstić information content (AvgIpc) is 2.70. The van der Waals surface area contributed by atoms with E-state index in [4.69, 9.17) is 11.6 Å². The van der Waals surface area contributed by atoms with E-state index in [0.717, 1.165) is 32.4 Å². The van der Waals surface area contributed by atoms with Crippen molar-refractivity contribution < 1.29 is 9.59 Å². The van der Waals surface area contributed by atoms with Crippen LogP contribution < -0.4 is 5.32 Å². The van der Waals surface area contributed by atoms with Crippen LogP contribution in [0.4, 0.5) is 0 Å². The second-order valence-corrected chi connectivity index (χ2v) is 8.59. The summed E-state index contributed by atoms with van der Waals surface area (Å²) in [6.45, 7) is 10.5. The third kappa shape index (κ3) is 5.71. The Kier molecular flexibility index (Phi) is 8.32. The average molecular weight is 408 g/mol. The van der Waals surface area contributed by atoms with E-state index in [0.29, 0.717) is 16.6 Å². The van der Waals surface area contributed by atoms with Gasteiger partial charge < -0.3 is 15.1 Å². The Morgan fingerprint density at radius 3 is 2.25 bits per heavy atom. The number of benzene rings is 1. The molecule has 1 N–H and O–H groups in total. The number of amides is 2. The van der Waals surface area contributed by atoms with Gasteiger partial charge in [0, 0.05) is 42.8 Å². The van der Waals surface area contributed by atoms with Crippen LogP contribution in [-0.2, 0) is 4.79 Å². The summed E-state index contributed by atoms with van der Waals surface area (Å²) in [4.78, 5) is 30.2. The Morgan fingerprint density at radius 1 is 1.18 bits per heavy atom. The van der Waals surface area contributed by atoms with E-state index in [1.807, 2.05) is 25.8 Å². The lowest BCUT2D eigenvalue weighted by Crippen LogP contribution is -2.55. The molecule has 5 nitrogen and oxygen atoms in total. The quantitative estimate of drug-likeness (QED) is 0.747. The first-order valence-corrected chi connectivity index (χ1v) is 10.7. The van der Waals surface area contributed by atoms with Crippen LogP contribution in [0.2, 0.25) is 5.02 Å². The molecule has 2 atom stereocenters. The van der Waals surface area contributed by atoms with Gasteiger partial charge in [0.15, 0.2) is 0 Å². The van der Waals surface area contributed by atoms with Gasteiger partial charge in [0.2, 0.25) is 5.91 Å². The van der Waals surface area contributed by atoms with Crippen LogP contribution in [0.15, 0.2) is 24.3 Å². The molecule has 1 aromatic rings. The maximum absolute atomic E-state index is 13.3. The molecule has 1 aromatic carbocycles. The minimum atomic E-state index is -0.527. The number of rotatable bonds is 7. The molecule has 1 aliphatic heterocycles. The molecule has 1 aliphatic rings. The van der Waals surface area contributed by atoms with Crippen molar-refractivity contribution in [2.45, 2.75) is 65.1 Å². The summed E-state index contributed by atoms with van der Waals surface area (Å²) >= 11 is 5.91. The number of nitrogens with one attached hydrogen (secondary N) is 1. The number of likely N-dealkylation sites (N-methyl/N-ethyl adjacent to an activating group) is 1. The number of hydrogen-bond donors (Lipinski definition) is 1. The summed E-state index contributed by atoms with van der Waals surface area (Å²) in [5, 5.41) is 3.55. The fourth-order valence-corrected chi connectivity index (χ4v) is 3.82. The smallest absolute Gasteiger partial charge is 0.251 e. The summed E-state index contributed by atoms with van der Waals surface area (Å²) in [5.41, 5.74) is 0.512. The van der Waals surface area contributed by atoms with Crippen LogP contribution in [-0.4, -0.2) is 59.9 Å². The zero-order chi connectivity index (χ0) is 20.8. The SMILES string of the molecule is CCC(C)C(NC(=O)c1ccc(Cl)cc1)C(=O)N(C)C1CCN(C(C)C)CC1. The number of hydrogen-bond acceptors (Lipinski definition) is 3. The molecule has 0 saturated carbocycles. The number of likely N-dealkylation sites (tertiary alicyclic amines) is 1. The predicted molar refractivity (Wildman–Crippen MR) is 115 cm³/mol. The van der Waals surface area contributed by atoms with Crippen LogP contribution >= 0.6 is 11.6 Å². The van der Waals surface area contributed by atoms with Gasteiger partial charge in [-0.05, 0) is 56.9 Å². The van der Waals surface area contributed by atoms with E-state index in [-0.39, 0.29) is 23.8 Å². The second-order valence-electron chi connectivity index (χ2n) is 8.15. The molecule has 2 unspecified atom stereocenters. The molecule has 28 heavy (non-hydrogen) atoms. The summed E-state index contributed by atoms with van der Waals surface area (Å²) in [5.74, 6) is -0.181. The van der Waals surface area contributed by atoms with Crippen LogP contribution in [0.1, 0.15) is 57.3 Å². The first-order chi connectivity index (χ1) is 13.2. The molecule has 0 aliphatic carbocycles. The minimum Gasteiger partial charge on any atom is -0.341 e. The maximum Gasteiger partial charge on any atom is 0.251 e. The Balaban J connectivity index is 2.06. The summed E-state index contributed by atoms with van der Waals surface area (Å²) in [7, 11) is 1.88. The van der Waals surface area contributed by atoms with Crippen molar-refractivity contribution >= 4 is 23.4 Å². The van der Waals surface area contributed by atoms with Crippen LogP contribution in [0.5, 0.6) is 0 Å². The summed E-state index contributed by atoms with van der Waals surface area (Å²) in [6.07, 6.45) is 2.76. The zero-order valence-electron chi connectivity index (χ0n) is 17.7. The predicted octanol–water partition coefficient (Wildman–Crippen LogP) is 3.82. The van der Waals surface area contributed by atoms with Gasteiger partial charge in [-0.3, -0.25) is 9.59 Å². The molecule has 1 saturated heterocycles. The fourth-order valence-electron chi connectivity index (χ4n) is 3.70. The molecule has 2 amide bonds. The molecule has 1 heterocycles. The summed E-state index contributed by atoms with van der Waals surface area (Å²) < 4.78 is 0. The highest BCUT2D eigenvalue weighted by Crippen LogP contribution is 2.20. The molecule has 0 aromatic heterocycles. The Morgan fingerprint density at radius 2 is 1.75 bits per heavy atom. The van der Waals surface area contributed by atoms with Crippen molar-refractivity contribution in [3.63, 3.8) is 0 Å². The lowest BCUT2D eigenvalue weighted by Gasteiger charge is -2.40. The van der Waals surface area contributed by atoms with Gasteiger partial charge >= 0.3 is 0 Å². The van der Waals surface area contributed by atoms with Crippen molar-refractivity contribution in [1.29, 1.82) is 0 Å². The molecule has 156 valence electrons. The molecule has 0 bridgehead atoms. The Labute approximate surface area is 174 Å².